The van der Waals surface area contributed by atoms with Crippen LogP contribution in [-0.4, -0.2) is 55.8 Å². The second-order valence-electron chi connectivity index (χ2n) is 6.15. The number of carbonyl (C=O) groups is 1. The van der Waals surface area contributed by atoms with Crippen molar-refractivity contribution in [2.75, 3.05) is 26.2 Å². The first-order chi connectivity index (χ1) is 11.4. The van der Waals surface area contributed by atoms with Crippen molar-refractivity contribution in [1.82, 2.24) is 9.21 Å². The SMILES string of the molecule is CCCCN(C1CCN(CC)CC1)S(=O)(=O)c1csc(C(N)=O)c1. The van der Waals surface area contributed by atoms with E-state index < -0.39 is 15.9 Å². The van der Waals surface area contributed by atoms with Crippen molar-refractivity contribution in [2.24, 2.45) is 5.73 Å². The molecule has 1 fully saturated rings. The molecule has 0 saturated carbocycles. The van der Waals surface area contributed by atoms with E-state index in [0.717, 1.165) is 56.7 Å². The summed E-state index contributed by atoms with van der Waals surface area (Å²) in [6.45, 7) is 7.56. The number of thiophene rings is 1. The fourth-order valence-corrected chi connectivity index (χ4v) is 5.89. The van der Waals surface area contributed by atoms with Crippen molar-refractivity contribution in [3.8, 4) is 0 Å². The van der Waals surface area contributed by atoms with Crippen molar-refractivity contribution < 1.29 is 13.2 Å². The maximum atomic E-state index is 13.1. The molecule has 0 spiro atoms. The van der Waals surface area contributed by atoms with Crippen molar-refractivity contribution in [3.05, 3.63) is 16.3 Å². The van der Waals surface area contributed by atoms with Crippen LogP contribution in [0, 0.1) is 0 Å². The molecule has 2 N–H and O–H groups in total. The fourth-order valence-electron chi connectivity index (χ4n) is 3.06. The van der Waals surface area contributed by atoms with E-state index in [-0.39, 0.29) is 15.8 Å². The molecule has 1 aromatic heterocycles. The molecule has 136 valence electrons. The van der Waals surface area contributed by atoms with E-state index in [2.05, 4.69) is 18.7 Å². The number of primary amides is 1. The molecule has 0 atom stereocenters. The van der Waals surface area contributed by atoms with Gasteiger partial charge in [-0.3, -0.25) is 4.79 Å². The van der Waals surface area contributed by atoms with E-state index in [0.29, 0.717) is 6.54 Å². The summed E-state index contributed by atoms with van der Waals surface area (Å²) in [5.41, 5.74) is 5.26. The minimum Gasteiger partial charge on any atom is -0.365 e. The molecule has 6 nitrogen and oxygen atoms in total. The summed E-state index contributed by atoms with van der Waals surface area (Å²) in [6.07, 6.45) is 3.48. The summed E-state index contributed by atoms with van der Waals surface area (Å²) >= 11 is 1.09. The van der Waals surface area contributed by atoms with Crippen LogP contribution in [0.15, 0.2) is 16.3 Å². The Hall–Kier alpha value is -0.960. The molecular weight excluding hydrogens is 346 g/mol. The molecule has 24 heavy (non-hydrogen) atoms. The number of hydrogen-bond acceptors (Lipinski definition) is 5. The Morgan fingerprint density at radius 1 is 1.38 bits per heavy atom. The molecule has 0 aromatic carbocycles. The molecule has 0 unspecified atom stereocenters. The lowest BCUT2D eigenvalue weighted by atomic mass is 10.0. The van der Waals surface area contributed by atoms with Gasteiger partial charge in [-0.15, -0.1) is 11.3 Å². The number of likely N-dealkylation sites (tertiary alicyclic amines) is 1. The number of nitrogens with zero attached hydrogens (tertiary/aromatic N) is 2. The highest BCUT2D eigenvalue weighted by Crippen LogP contribution is 2.27. The van der Waals surface area contributed by atoms with Gasteiger partial charge >= 0.3 is 0 Å². The van der Waals surface area contributed by atoms with Gasteiger partial charge in [0.2, 0.25) is 10.0 Å². The van der Waals surface area contributed by atoms with E-state index in [1.807, 2.05) is 0 Å². The number of carbonyl (C=O) groups excluding carboxylic acids is 1. The summed E-state index contributed by atoms with van der Waals surface area (Å²) in [5, 5.41) is 1.52. The summed E-state index contributed by atoms with van der Waals surface area (Å²) < 4.78 is 27.8. The van der Waals surface area contributed by atoms with Gasteiger partial charge in [-0.1, -0.05) is 20.3 Å². The van der Waals surface area contributed by atoms with E-state index in [1.165, 1.54) is 11.4 Å². The third-order valence-electron chi connectivity index (χ3n) is 4.57. The van der Waals surface area contributed by atoms with Gasteiger partial charge < -0.3 is 10.6 Å². The molecule has 8 heteroatoms. The van der Waals surface area contributed by atoms with Crippen LogP contribution in [0.25, 0.3) is 0 Å². The Morgan fingerprint density at radius 2 is 2.04 bits per heavy atom. The van der Waals surface area contributed by atoms with E-state index in [4.69, 9.17) is 5.73 Å². The second-order valence-corrected chi connectivity index (χ2v) is 8.95. The van der Waals surface area contributed by atoms with Crippen LogP contribution in [-0.2, 0) is 10.0 Å². The number of nitrogens with two attached hydrogens (primary N) is 1. The van der Waals surface area contributed by atoms with Gasteiger partial charge in [0.1, 0.15) is 0 Å². The van der Waals surface area contributed by atoms with Crippen molar-refractivity contribution in [3.63, 3.8) is 0 Å². The van der Waals surface area contributed by atoms with Crippen molar-refractivity contribution >= 4 is 27.3 Å². The highest BCUT2D eigenvalue weighted by atomic mass is 32.2. The largest absolute Gasteiger partial charge is 0.365 e. The average molecular weight is 374 g/mol. The Balaban J connectivity index is 2.23. The maximum absolute atomic E-state index is 13.1. The molecule has 0 bridgehead atoms. The molecule has 1 saturated heterocycles. The molecule has 1 aromatic rings. The molecular formula is C16H27N3O3S2. The summed E-state index contributed by atoms with van der Waals surface area (Å²) in [5.74, 6) is -0.585. The fraction of sp³-hybridized carbons (Fsp3) is 0.688. The number of rotatable bonds is 8. The maximum Gasteiger partial charge on any atom is 0.258 e. The van der Waals surface area contributed by atoms with E-state index >= 15 is 0 Å². The number of amides is 1. The van der Waals surface area contributed by atoms with Crippen LogP contribution in [0.2, 0.25) is 0 Å². The van der Waals surface area contributed by atoms with Gasteiger partial charge in [-0.05, 0) is 45.0 Å². The zero-order chi connectivity index (χ0) is 17.7. The third kappa shape index (κ3) is 4.36. The van der Waals surface area contributed by atoms with Gasteiger partial charge in [-0.25, -0.2) is 8.42 Å². The van der Waals surface area contributed by atoms with Gasteiger partial charge in [0.05, 0.1) is 9.77 Å². The van der Waals surface area contributed by atoms with Crippen LogP contribution in [0.3, 0.4) is 0 Å². The molecule has 1 amide bonds. The Morgan fingerprint density at radius 3 is 2.54 bits per heavy atom. The monoisotopic (exact) mass is 373 g/mol. The third-order valence-corrected chi connectivity index (χ3v) is 7.59. The van der Waals surface area contributed by atoms with Gasteiger partial charge in [0.25, 0.3) is 5.91 Å². The Bertz CT molecular complexity index is 649. The molecule has 1 aliphatic rings. The quantitative estimate of drug-likeness (QED) is 0.756. The Labute approximate surface area is 148 Å². The smallest absolute Gasteiger partial charge is 0.258 e. The first-order valence-electron chi connectivity index (χ1n) is 8.52. The summed E-state index contributed by atoms with van der Waals surface area (Å²) in [6, 6.07) is 1.43. The highest BCUT2D eigenvalue weighted by Gasteiger charge is 2.33. The lowest BCUT2D eigenvalue weighted by Crippen LogP contribution is -2.47. The average Bonchev–Trinajstić information content (AvgIpc) is 3.07. The summed E-state index contributed by atoms with van der Waals surface area (Å²) in [7, 11) is -3.59. The lowest BCUT2D eigenvalue weighted by molar-refractivity contribution is 0.100. The summed E-state index contributed by atoms with van der Waals surface area (Å²) in [4.78, 5) is 14.1. The van der Waals surface area contributed by atoms with E-state index in [1.54, 1.807) is 4.31 Å². The first kappa shape index (κ1) is 19.4. The zero-order valence-electron chi connectivity index (χ0n) is 14.4. The van der Waals surface area contributed by atoms with E-state index in [9.17, 15) is 13.2 Å². The topological polar surface area (TPSA) is 83.7 Å². The van der Waals surface area contributed by atoms with Crippen LogP contribution < -0.4 is 5.73 Å². The first-order valence-corrected chi connectivity index (χ1v) is 10.8. The minimum absolute atomic E-state index is 0.0290. The number of hydrogen-bond donors (Lipinski definition) is 1. The second kappa shape index (κ2) is 8.42. The number of piperidine rings is 1. The van der Waals surface area contributed by atoms with Crippen LogP contribution in [0.4, 0.5) is 0 Å². The molecule has 2 rings (SSSR count). The van der Waals surface area contributed by atoms with Crippen LogP contribution >= 0.6 is 11.3 Å². The van der Waals surface area contributed by atoms with Gasteiger partial charge in [0, 0.05) is 18.0 Å². The minimum atomic E-state index is -3.59. The predicted octanol–water partition coefficient (Wildman–Crippen LogP) is 2.12. The highest BCUT2D eigenvalue weighted by molar-refractivity contribution is 7.89. The lowest BCUT2D eigenvalue weighted by Gasteiger charge is -2.37. The van der Waals surface area contributed by atoms with Crippen LogP contribution in [0.1, 0.15) is 49.2 Å². The normalized spacial score (nSPS) is 17.5. The Kier molecular flexibility index (Phi) is 6.79. The number of unbranched alkanes of at least 4 members (excludes halogenated alkanes) is 1. The standard InChI is InChI=1S/C16H27N3O3S2/c1-3-5-8-19(13-6-9-18(4-2)10-7-13)24(21,22)14-11-15(16(17)20)23-12-14/h11-13H,3-10H2,1-2H3,(H2,17,20). The van der Waals surface area contributed by atoms with Crippen molar-refractivity contribution in [2.45, 2.75) is 50.5 Å². The predicted molar refractivity (Wildman–Crippen MR) is 96.8 cm³/mol. The van der Waals surface area contributed by atoms with Crippen LogP contribution in [0.5, 0.6) is 0 Å². The van der Waals surface area contributed by atoms with Gasteiger partial charge in [0.15, 0.2) is 0 Å². The molecule has 0 radical (unpaired) electrons. The van der Waals surface area contributed by atoms with Gasteiger partial charge in [-0.2, -0.15) is 4.31 Å². The number of sulfonamides is 1. The molecule has 0 aliphatic carbocycles. The zero-order valence-corrected chi connectivity index (χ0v) is 16.0. The molecule has 2 heterocycles. The van der Waals surface area contributed by atoms with Crippen molar-refractivity contribution in [1.29, 1.82) is 0 Å². The molecule has 1 aliphatic heterocycles.